The number of aromatic nitrogens is 2. The zero-order valence-electron chi connectivity index (χ0n) is 13.7. The molecule has 1 heterocycles. The first kappa shape index (κ1) is 17.7. The van der Waals surface area contributed by atoms with Gasteiger partial charge in [0.05, 0.1) is 0 Å². The fraction of sp³-hybridized carbons (Fsp3) is 0.353. The minimum Gasteiger partial charge on any atom is -0.451 e. The van der Waals surface area contributed by atoms with Crippen molar-refractivity contribution in [2.24, 2.45) is 0 Å². The molecule has 1 amide bonds. The molecule has 24 heavy (non-hydrogen) atoms. The number of rotatable bonds is 7. The largest absolute Gasteiger partial charge is 0.451 e. The number of nitrogens with zero attached hydrogens (tertiary/aromatic N) is 2. The van der Waals surface area contributed by atoms with Gasteiger partial charge < -0.3 is 9.64 Å². The molecule has 0 radical (unpaired) electrons. The van der Waals surface area contributed by atoms with E-state index in [4.69, 9.17) is 4.74 Å². The fourth-order valence-electron chi connectivity index (χ4n) is 2.13. The van der Waals surface area contributed by atoms with Crippen LogP contribution in [0.3, 0.4) is 0 Å². The van der Waals surface area contributed by atoms with Gasteiger partial charge in [0, 0.05) is 19.3 Å². The Morgan fingerprint density at radius 1 is 1.29 bits per heavy atom. The molecular formula is C17H20FN3O3. The number of ether oxygens (including phenoxy) is 1. The van der Waals surface area contributed by atoms with Crippen LogP contribution in [0.4, 0.5) is 4.39 Å². The van der Waals surface area contributed by atoms with Gasteiger partial charge in [0.2, 0.25) is 0 Å². The summed E-state index contributed by atoms with van der Waals surface area (Å²) in [4.78, 5) is 25.3. The summed E-state index contributed by atoms with van der Waals surface area (Å²) in [7, 11) is 1.59. The van der Waals surface area contributed by atoms with Crippen molar-refractivity contribution >= 4 is 11.9 Å². The molecule has 128 valence electrons. The Balaban J connectivity index is 1.82. The Labute approximate surface area is 139 Å². The molecule has 0 atom stereocenters. The van der Waals surface area contributed by atoms with Gasteiger partial charge in [-0.3, -0.25) is 9.89 Å². The molecule has 0 aliphatic heterocycles. The highest BCUT2D eigenvalue weighted by molar-refractivity contribution is 5.89. The summed E-state index contributed by atoms with van der Waals surface area (Å²) in [5.41, 5.74) is 1.80. The third-order valence-electron chi connectivity index (χ3n) is 3.44. The normalized spacial score (nSPS) is 10.5. The Bertz CT molecular complexity index is 697. The van der Waals surface area contributed by atoms with Crippen molar-refractivity contribution in [2.75, 3.05) is 13.7 Å². The number of hydrogen-bond acceptors (Lipinski definition) is 4. The fourth-order valence-corrected chi connectivity index (χ4v) is 2.13. The lowest BCUT2D eigenvalue weighted by molar-refractivity contribution is -0.133. The molecule has 7 heteroatoms. The third kappa shape index (κ3) is 4.91. The molecule has 2 rings (SSSR count). The average Bonchev–Trinajstić information content (AvgIpc) is 3.03. The maximum absolute atomic E-state index is 12.9. The summed E-state index contributed by atoms with van der Waals surface area (Å²) in [6.45, 7) is 1.96. The van der Waals surface area contributed by atoms with Crippen molar-refractivity contribution < 1.29 is 18.7 Å². The number of esters is 1. The maximum atomic E-state index is 12.9. The zero-order chi connectivity index (χ0) is 17.5. The van der Waals surface area contributed by atoms with Crippen LogP contribution in [0.25, 0.3) is 0 Å². The van der Waals surface area contributed by atoms with E-state index in [1.54, 1.807) is 25.2 Å². The quantitative estimate of drug-likeness (QED) is 0.789. The lowest BCUT2D eigenvalue weighted by Gasteiger charge is -2.17. The first-order chi connectivity index (χ1) is 11.5. The van der Waals surface area contributed by atoms with Gasteiger partial charge in [0.1, 0.15) is 5.82 Å². The first-order valence-corrected chi connectivity index (χ1v) is 7.69. The minimum atomic E-state index is -0.642. The lowest BCUT2D eigenvalue weighted by Crippen LogP contribution is -2.30. The second-order valence-corrected chi connectivity index (χ2v) is 5.48. The van der Waals surface area contributed by atoms with Gasteiger partial charge in [-0.25, -0.2) is 9.18 Å². The van der Waals surface area contributed by atoms with Crippen molar-refractivity contribution in [1.82, 2.24) is 15.1 Å². The van der Waals surface area contributed by atoms with E-state index in [2.05, 4.69) is 10.2 Å². The Morgan fingerprint density at radius 3 is 2.67 bits per heavy atom. The van der Waals surface area contributed by atoms with Crippen LogP contribution in [0.5, 0.6) is 0 Å². The number of amides is 1. The van der Waals surface area contributed by atoms with E-state index in [9.17, 15) is 14.0 Å². The topological polar surface area (TPSA) is 75.3 Å². The summed E-state index contributed by atoms with van der Waals surface area (Å²) >= 11 is 0. The number of likely N-dealkylation sites (N-methyl/N-ethyl adjacent to an activating group) is 1. The summed E-state index contributed by atoms with van der Waals surface area (Å²) in [6, 6.07) is 7.49. The predicted molar refractivity (Wildman–Crippen MR) is 85.7 cm³/mol. The van der Waals surface area contributed by atoms with Gasteiger partial charge in [-0.05, 0) is 30.2 Å². The number of aryl methyl sites for hydroxylation is 1. The molecule has 0 aliphatic carbocycles. The highest BCUT2D eigenvalue weighted by atomic mass is 19.1. The average molecular weight is 333 g/mol. The monoisotopic (exact) mass is 333 g/mol. The predicted octanol–water partition coefficient (Wildman–Crippen LogP) is 2.32. The molecule has 1 aromatic carbocycles. The van der Waals surface area contributed by atoms with Crippen LogP contribution < -0.4 is 0 Å². The smallest absolute Gasteiger partial charge is 0.359 e. The summed E-state index contributed by atoms with van der Waals surface area (Å²) in [5, 5.41) is 6.63. The number of H-pyrrole nitrogens is 1. The molecule has 0 fully saturated rings. The molecular weight excluding hydrogens is 313 g/mol. The summed E-state index contributed by atoms with van der Waals surface area (Å²) in [5.74, 6) is -1.32. The number of carbonyl (C=O) groups is 2. The van der Waals surface area contributed by atoms with Crippen LogP contribution in [0.15, 0.2) is 30.3 Å². The van der Waals surface area contributed by atoms with Crippen LogP contribution in [0.2, 0.25) is 0 Å². The van der Waals surface area contributed by atoms with Gasteiger partial charge in [-0.15, -0.1) is 0 Å². The molecule has 0 aliphatic rings. The van der Waals surface area contributed by atoms with Gasteiger partial charge in [0.25, 0.3) is 5.91 Å². The molecule has 0 unspecified atom stereocenters. The second-order valence-electron chi connectivity index (χ2n) is 5.48. The lowest BCUT2D eigenvalue weighted by atomic mass is 10.2. The molecule has 0 spiro atoms. The highest BCUT2D eigenvalue weighted by Gasteiger charge is 2.16. The molecule has 0 saturated heterocycles. The van der Waals surface area contributed by atoms with E-state index in [1.165, 1.54) is 17.0 Å². The number of halogens is 1. The SMILES string of the molecule is CCCc1cc(C(=O)OCC(=O)N(C)Cc2ccc(F)cc2)n[nH]1. The van der Waals surface area contributed by atoms with E-state index in [0.717, 1.165) is 24.1 Å². The Kier molecular flexibility index (Phi) is 6.06. The number of carbonyl (C=O) groups excluding carboxylic acids is 2. The van der Waals surface area contributed by atoms with E-state index >= 15 is 0 Å². The van der Waals surface area contributed by atoms with Crippen molar-refractivity contribution in [2.45, 2.75) is 26.3 Å². The number of benzene rings is 1. The zero-order valence-corrected chi connectivity index (χ0v) is 13.7. The minimum absolute atomic E-state index is 0.160. The number of nitrogens with one attached hydrogen (secondary N) is 1. The summed E-state index contributed by atoms with van der Waals surface area (Å²) < 4.78 is 17.8. The van der Waals surface area contributed by atoms with Crippen molar-refractivity contribution in [3.05, 3.63) is 53.1 Å². The van der Waals surface area contributed by atoms with E-state index < -0.39 is 5.97 Å². The summed E-state index contributed by atoms with van der Waals surface area (Å²) in [6.07, 6.45) is 1.73. The van der Waals surface area contributed by atoms with Crippen LogP contribution >= 0.6 is 0 Å². The van der Waals surface area contributed by atoms with Crippen LogP contribution in [0, 0.1) is 5.82 Å². The van der Waals surface area contributed by atoms with Crippen molar-refractivity contribution in [3.63, 3.8) is 0 Å². The standard InChI is InChI=1S/C17H20FN3O3/c1-3-4-14-9-15(20-19-14)17(23)24-11-16(22)21(2)10-12-5-7-13(18)8-6-12/h5-9H,3-4,10-11H2,1-2H3,(H,19,20). The molecule has 0 saturated carbocycles. The van der Waals surface area contributed by atoms with Gasteiger partial charge in [-0.1, -0.05) is 25.5 Å². The third-order valence-corrected chi connectivity index (χ3v) is 3.44. The molecule has 0 bridgehead atoms. The molecule has 1 aromatic heterocycles. The van der Waals surface area contributed by atoms with E-state index in [1.807, 2.05) is 6.92 Å². The maximum Gasteiger partial charge on any atom is 0.359 e. The Morgan fingerprint density at radius 2 is 2.00 bits per heavy atom. The van der Waals surface area contributed by atoms with Crippen molar-refractivity contribution in [3.8, 4) is 0 Å². The van der Waals surface area contributed by atoms with Crippen LogP contribution in [-0.2, 0) is 22.5 Å². The first-order valence-electron chi connectivity index (χ1n) is 7.69. The molecule has 2 aromatic rings. The number of hydrogen-bond donors (Lipinski definition) is 1. The highest BCUT2D eigenvalue weighted by Crippen LogP contribution is 2.07. The van der Waals surface area contributed by atoms with Crippen LogP contribution in [-0.4, -0.2) is 40.6 Å². The Hall–Kier alpha value is -2.70. The number of aromatic amines is 1. The van der Waals surface area contributed by atoms with Crippen molar-refractivity contribution in [1.29, 1.82) is 0 Å². The second kappa shape index (κ2) is 8.24. The van der Waals surface area contributed by atoms with E-state index in [-0.39, 0.29) is 24.0 Å². The van der Waals surface area contributed by atoms with Gasteiger partial charge in [-0.2, -0.15) is 5.10 Å². The molecule has 1 N–H and O–H groups in total. The van der Waals surface area contributed by atoms with Gasteiger partial charge >= 0.3 is 5.97 Å². The molecule has 6 nitrogen and oxygen atoms in total. The van der Waals surface area contributed by atoms with Crippen LogP contribution in [0.1, 0.15) is 35.1 Å². The van der Waals surface area contributed by atoms with E-state index in [0.29, 0.717) is 6.54 Å². The van der Waals surface area contributed by atoms with Gasteiger partial charge in [0.15, 0.2) is 12.3 Å².